The molecule has 2 aromatic carbocycles. The molecule has 0 unspecified atom stereocenters. The van der Waals surface area contributed by atoms with Crippen LogP contribution in [0, 0.1) is 5.92 Å². The molecule has 2 aromatic rings. The predicted octanol–water partition coefficient (Wildman–Crippen LogP) is 5.46. The molecule has 0 spiro atoms. The average molecular weight is 650 g/mol. The van der Waals surface area contributed by atoms with E-state index in [0.717, 1.165) is 18.4 Å². The minimum absolute atomic E-state index is 0.0669. The smallest absolute Gasteiger partial charge is 0.389 e. The summed E-state index contributed by atoms with van der Waals surface area (Å²) in [4.78, 5) is 42.6. The Bertz CT molecular complexity index is 1290. The molecular weight excluding hydrogens is 603 g/mol. The number of alkyl halides is 3. The van der Waals surface area contributed by atoms with E-state index in [0.29, 0.717) is 19.6 Å². The lowest BCUT2D eigenvalue weighted by molar-refractivity contribution is -0.142. The number of likely N-dealkylation sites (N-methyl/N-ethyl adjacent to an activating group) is 1. The summed E-state index contributed by atoms with van der Waals surface area (Å²) in [5.41, 5.74) is 1.16. The molecule has 3 amide bonds. The SMILES string of the molecule is C[C@@H]1CCCCO[C@@H](CN(C)C(=O)Cc2ccccc2)[C@H](C)CN([C@@H](C)CO)C(=O)c2cc(NC(=O)CCC(F)(F)F)ccc2O1. The van der Waals surface area contributed by atoms with E-state index < -0.39 is 43.0 Å². The number of aliphatic hydroxyl groups excluding tert-OH is 1. The number of anilines is 1. The molecule has 4 atom stereocenters. The fourth-order valence-electron chi connectivity index (χ4n) is 5.22. The molecule has 0 bridgehead atoms. The number of aliphatic hydroxyl groups is 1. The number of amides is 3. The molecule has 0 aromatic heterocycles. The van der Waals surface area contributed by atoms with Crippen LogP contribution in [0.4, 0.5) is 18.9 Å². The number of rotatable bonds is 9. The van der Waals surface area contributed by atoms with Gasteiger partial charge in [0.15, 0.2) is 0 Å². The minimum Gasteiger partial charge on any atom is -0.490 e. The number of carbonyl (C=O) groups excluding carboxylic acids is 3. The summed E-state index contributed by atoms with van der Waals surface area (Å²) >= 11 is 0. The third kappa shape index (κ3) is 11.6. The van der Waals surface area contributed by atoms with Gasteiger partial charge in [-0.2, -0.15) is 13.2 Å². The van der Waals surface area contributed by atoms with Crippen molar-refractivity contribution in [3.63, 3.8) is 0 Å². The molecule has 0 radical (unpaired) electrons. The number of nitrogens with one attached hydrogen (secondary N) is 1. The maximum atomic E-state index is 14.2. The summed E-state index contributed by atoms with van der Waals surface area (Å²) in [5.74, 6) is -1.37. The van der Waals surface area contributed by atoms with Gasteiger partial charge in [0.05, 0.1) is 43.3 Å². The van der Waals surface area contributed by atoms with Crippen LogP contribution in [0.2, 0.25) is 0 Å². The number of benzene rings is 2. The molecule has 3 rings (SSSR count). The van der Waals surface area contributed by atoms with Crippen molar-refractivity contribution in [1.82, 2.24) is 9.80 Å². The number of nitrogens with zero attached hydrogens (tertiary/aromatic N) is 2. The van der Waals surface area contributed by atoms with E-state index >= 15 is 0 Å². The largest absolute Gasteiger partial charge is 0.490 e. The minimum atomic E-state index is -4.47. The summed E-state index contributed by atoms with van der Waals surface area (Å²) < 4.78 is 50.4. The van der Waals surface area contributed by atoms with Crippen molar-refractivity contribution in [3.8, 4) is 5.75 Å². The van der Waals surface area contributed by atoms with E-state index in [4.69, 9.17) is 9.47 Å². The Labute approximate surface area is 269 Å². The zero-order valence-electron chi connectivity index (χ0n) is 27.0. The Balaban J connectivity index is 1.88. The molecule has 0 fully saturated rings. The van der Waals surface area contributed by atoms with E-state index in [2.05, 4.69) is 5.32 Å². The van der Waals surface area contributed by atoms with Crippen LogP contribution in [0.1, 0.15) is 68.8 Å². The van der Waals surface area contributed by atoms with Gasteiger partial charge in [-0.25, -0.2) is 0 Å². The molecule has 0 saturated heterocycles. The first-order chi connectivity index (χ1) is 21.8. The van der Waals surface area contributed by atoms with E-state index in [1.54, 1.807) is 18.9 Å². The van der Waals surface area contributed by atoms with Gasteiger partial charge < -0.3 is 29.7 Å². The number of ether oxygens (including phenoxy) is 2. The van der Waals surface area contributed by atoms with Crippen molar-refractivity contribution in [1.29, 1.82) is 0 Å². The number of fused-ring (bicyclic) bond motifs is 1. The van der Waals surface area contributed by atoms with E-state index in [1.807, 2.05) is 44.2 Å². The van der Waals surface area contributed by atoms with Crippen molar-refractivity contribution in [2.45, 2.75) is 83.7 Å². The summed E-state index contributed by atoms with van der Waals surface area (Å²) in [6.07, 6.45) is -4.73. The third-order valence-electron chi connectivity index (χ3n) is 8.05. The quantitative estimate of drug-likeness (QED) is 0.374. The summed E-state index contributed by atoms with van der Waals surface area (Å²) in [6.45, 7) is 6.09. The maximum absolute atomic E-state index is 14.2. The van der Waals surface area contributed by atoms with E-state index in [-0.39, 0.29) is 54.5 Å². The van der Waals surface area contributed by atoms with Crippen molar-refractivity contribution < 1.29 is 42.1 Å². The fourth-order valence-corrected chi connectivity index (χ4v) is 5.22. The first kappa shape index (κ1) is 36.8. The zero-order valence-corrected chi connectivity index (χ0v) is 27.0. The van der Waals surface area contributed by atoms with Gasteiger partial charge in [-0.3, -0.25) is 14.4 Å². The lowest BCUT2D eigenvalue weighted by Crippen LogP contribution is -2.48. The van der Waals surface area contributed by atoms with Gasteiger partial charge in [-0.15, -0.1) is 0 Å². The molecule has 2 N–H and O–H groups in total. The average Bonchev–Trinajstić information content (AvgIpc) is 3.01. The molecule has 1 aliphatic heterocycles. The first-order valence-electron chi connectivity index (χ1n) is 15.8. The van der Waals surface area contributed by atoms with Crippen molar-refractivity contribution in [3.05, 3.63) is 59.7 Å². The topological polar surface area (TPSA) is 108 Å². The molecule has 46 heavy (non-hydrogen) atoms. The molecule has 0 aliphatic carbocycles. The second-order valence-electron chi connectivity index (χ2n) is 12.1. The summed E-state index contributed by atoms with van der Waals surface area (Å²) in [5, 5.41) is 12.6. The normalized spacial score (nSPS) is 20.6. The fraction of sp³-hybridized carbons (Fsp3) is 0.559. The highest BCUT2D eigenvalue weighted by atomic mass is 19.4. The van der Waals surface area contributed by atoms with Crippen LogP contribution >= 0.6 is 0 Å². The Morgan fingerprint density at radius 1 is 1.13 bits per heavy atom. The van der Waals surface area contributed by atoms with Crippen LogP contribution < -0.4 is 10.1 Å². The monoisotopic (exact) mass is 649 g/mol. The van der Waals surface area contributed by atoms with Gasteiger partial charge in [-0.05, 0) is 56.9 Å². The Hall–Kier alpha value is -3.64. The van der Waals surface area contributed by atoms with Gasteiger partial charge in [-0.1, -0.05) is 37.3 Å². The lowest BCUT2D eigenvalue weighted by Gasteiger charge is -2.36. The zero-order chi connectivity index (χ0) is 33.9. The van der Waals surface area contributed by atoms with Crippen LogP contribution in [0.3, 0.4) is 0 Å². The van der Waals surface area contributed by atoms with Crippen LogP contribution in [0.5, 0.6) is 5.75 Å². The lowest BCUT2D eigenvalue weighted by atomic mass is 10.0. The second-order valence-corrected chi connectivity index (χ2v) is 12.1. The molecule has 1 aliphatic rings. The Morgan fingerprint density at radius 2 is 1.85 bits per heavy atom. The highest BCUT2D eigenvalue weighted by Crippen LogP contribution is 2.29. The number of hydrogen-bond acceptors (Lipinski definition) is 6. The number of carbonyl (C=O) groups is 3. The summed E-state index contributed by atoms with van der Waals surface area (Å²) in [6, 6.07) is 13.2. The van der Waals surface area contributed by atoms with Gasteiger partial charge >= 0.3 is 6.18 Å². The Morgan fingerprint density at radius 3 is 2.52 bits per heavy atom. The molecule has 9 nitrogen and oxygen atoms in total. The van der Waals surface area contributed by atoms with Crippen molar-refractivity contribution >= 4 is 23.4 Å². The van der Waals surface area contributed by atoms with Gasteiger partial charge in [0.1, 0.15) is 5.75 Å². The molecule has 0 saturated carbocycles. The molecular formula is C34H46F3N3O6. The molecule has 12 heteroatoms. The molecule has 1 heterocycles. The molecule has 254 valence electrons. The van der Waals surface area contributed by atoms with Crippen molar-refractivity contribution in [2.75, 3.05) is 38.7 Å². The number of halogens is 3. The first-order valence-corrected chi connectivity index (χ1v) is 15.8. The van der Waals surface area contributed by atoms with Crippen LogP contribution in [-0.2, 0) is 20.7 Å². The van der Waals surface area contributed by atoms with Gasteiger partial charge in [0.25, 0.3) is 5.91 Å². The predicted molar refractivity (Wildman–Crippen MR) is 169 cm³/mol. The van der Waals surface area contributed by atoms with E-state index in [9.17, 15) is 32.7 Å². The highest BCUT2D eigenvalue weighted by molar-refractivity contribution is 5.99. The van der Waals surface area contributed by atoms with Crippen molar-refractivity contribution in [2.24, 2.45) is 5.92 Å². The summed E-state index contributed by atoms with van der Waals surface area (Å²) in [7, 11) is 1.73. The second kappa shape index (κ2) is 17.3. The van der Waals surface area contributed by atoms with Crippen LogP contribution in [-0.4, -0.2) is 90.4 Å². The Kier molecular flexibility index (Phi) is 13.9. The number of hydrogen-bond donors (Lipinski definition) is 2. The van der Waals surface area contributed by atoms with E-state index in [1.165, 1.54) is 23.1 Å². The highest BCUT2D eigenvalue weighted by Gasteiger charge is 2.31. The van der Waals surface area contributed by atoms with Crippen LogP contribution in [0.15, 0.2) is 48.5 Å². The standard InChI is InChI=1S/C34H46F3N3O6/c1-23-20-40(24(2)22-41)33(44)28-19-27(38-31(42)15-16-34(35,36)37)13-14-29(28)46-25(3)10-8-9-17-45-30(23)21-39(4)32(43)18-26-11-6-5-7-12-26/h5-7,11-14,19,23-25,30,41H,8-10,15-18,20-22H2,1-4H3,(H,38,42)/t23-,24+,25-,30+/m1/s1. The van der Waals surface area contributed by atoms with Gasteiger partial charge in [0, 0.05) is 44.8 Å². The third-order valence-corrected chi connectivity index (χ3v) is 8.05. The van der Waals surface area contributed by atoms with Crippen LogP contribution in [0.25, 0.3) is 0 Å². The van der Waals surface area contributed by atoms with Gasteiger partial charge in [0.2, 0.25) is 11.8 Å². The maximum Gasteiger partial charge on any atom is 0.389 e.